The van der Waals surface area contributed by atoms with Gasteiger partial charge in [0.05, 0.1) is 36.8 Å². The van der Waals surface area contributed by atoms with Crippen molar-refractivity contribution in [1.82, 2.24) is 9.80 Å². The van der Waals surface area contributed by atoms with Crippen molar-refractivity contribution >= 4 is 47.0 Å². The second-order valence-corrected chi connectivity index (χ2v) is 11.4. The van der Waals surface area contributed by atoms with Gasteiger partial charge in [-0.25, -0.2) is 19.2 Å². The van der Waals surface area contributed by atoms with E-state index in [1.807, 2.05) is 29.2 Å². The molecule has 0 spiro atoms. The highest BCUT2D eigenvalue weighted by atomic mass is 32.2. The van der Waals surface area contributed by atoms with Crippen LogP contribution >= 0.6 is 11.8 Å². The summed E-state index contributed by atoms with van der Waals surface area (Å²) in [6.45, 7) is 7.41. The minimum atomic E-state index is -4.36. The average molecular weight is 714 g/mol. The number of piperazine rings is 1. The van der Waals surface area contributed by atoms with Crippen LogP contribution in [-0.2, 0) is 30.1 Å². The second-order valence-electron chi connectivity index (χ2n) is 10.3. The summed E-state index contributed by atoms with van der Waals surface area (Å²) in [7, 11) is 0. The Morgan fingerprint density at radius 2 is 1.22 bits per heavy atom. The van der Waals surface area contributed by atoms with E-state index in [1.165, 1.54) is 23.9 Å². The van der Waals surface area contributed by atoms with E-state index in [0.717, 1.165) is 61.2 Å². The number of alkyl halides is 3. The Balaban J connectivity index is 0.000000432. The Labute approximate surface area is 284 Å². The molecule has 49 heavy (non-hydrogen) atoms. The van der Waals surface area contributed by atoms with Gasteiger partial charge < -0.3 is 40.1 Å². The van der Waals surface area contributed by atoms with Gasteiger partial charge >= 0.3 is 30.1 Å². The molecule has 0 aromatic heterocycles. The number of ether oxygens (including phenoxy) is 1. The summed E-state index contributed by atoms with van der Waals surface area (Å²) < 4.78 is 45.5. The number of hydrogen-bond donors (Lipinski definition) is 5. The molecule has 0 aliphatic carbocycles. The summed E-state index contributed by atoms with van der Waals surface area (Å²) in [5.41, 5.74) is 1.01. The molecule has 0 atom stereocenters. The van der Waals surface area contributed by atoms with Crippen molar-refractivity contribution in [3.63, 3.8) is 0 Å². The highest BCUT2D eigenvalue weighted by Crippen LogP contribution is 2.49. The third kappa shape index (κ3) is 15.6. The number of hydrogen-bond acceptors (Lipinski definition) is 10. The predicted molar refractivity (Wildman–Crippen MR) is 173 cm³/mol. The van der Waals surface area contributed by atoms with Gasteiger partial charge in [-0.3, -0.25) is 4.90 Å². The number of halogens is 3. The van der Waals surface area contributed by atoms with E-state index in [9.17, 15) is 32.3 Å². The van der Waals surface area contributed by atoms with Crippen molar-refractivity contribution in [3.8, 4) is 0 Å². The molecule has 13 nitrogen and oxygen atoms in total. The lowest BCUT2D eigenvalue weighted by atomic mass is 10.1. The van der Waals surface area contributed by atoms with E-state index in [2.05, 4.69) is 9.80 Å². The van der Waals surface area contributed by atoms with Crippen LogP contribution in [0.25, 0.3) is 0 Å². The fraction of sp³-hybridized carbons (Fsp3) is 0.375. The number of aliphatic hydroxyl groups is 1. The first-order valence-electron chi connectivity index (χ1n) is 14.9. The molecule has 2 heterocycles. The van der Waals surface area contributed by atoms with E-state index in [0.29, 0.717) is 49.7 Å². The molecule has 0 saturated carbocycles. The van der Waals surface area contributed by atoms with Gasteiger partial charge in [0.2, 0.25) is 0 Å². The number of rotatable bonds is 13. The molecule has 1 saturated heterocycles. The molecule has 2 aromatic rings. The van der Waals surface area contributed by atoms with Crippen molar-refractivity contribution in [2.75, 3.05) is 70.5 Å². The highest BCUT2D eigenvalue weighted by Gasteiger charge is 2.33. The molecule has 0 unspecified atom stereocenters. The SMILES string of the molecule is O=C(O)/C=C\C(=O)O.O=C(O)/C=C\C(=O)O.OCCOCCN1CCN(CCCN2c3ccccc3Sc3ccc(C(F)(F)F)cc32)CC1. The van der Waals surface area contributed by atoms with E-state index in [-0.39, 0.29) is 6.61 Å². The summed E-state index contributed by atoms with van der Waals surface area (Å²) in [6.07, 6.45) is -1.26. The van der Waals surface area contributed by atoms with Gasteiger partial charge in [0.15, 0.2) is 0 Å². The fourth-order valence-electron chi connectivity index (χ4n) is 4.58. The second kappa shape index (κ2) is 20.8. The zero-order chi connectivity index (χ0) is 36.4. The Hall–Kier alpha value is -4.42. The third-order valence-corrected chi connectivity index (χ3v) is 7.93. The van der Waals surface area contributed by atoms with E-state index in [1.54, 1.807) is 6.07 Å². The molecule has 4 rings (SSSR count). The summed E-state index contributed by atoms with van der Waals surface area (Å²) in [5, 5.41) is 40.0. The van der Waals surface area contributed by atoms with Gasteiger partial charge in [0.1, 0.15) is 0 Å². The van der Waals surface area contributed by atoms with Gasteiger partial charge in [-0.1, -0.05) is 23.9 Å². The molecule has 0 radical (unpaired) electrons. The lowest BCUT2D eigenvalue weighted by Crippen LogP contribution is -2.47. The molecule has 2 aliphatic heterocycles. The van der Waals surface area contributed by atoms with Crippen molar-refractivity contribution in [2.45, 2.75) is 22.4 Å². The van der Waals surface area contributed by atoms with E-state index < -0.39 is 35.6 Å². The summed E-state index contributed by atoms with van der Waals surface area (Å²) >= 11 is 1.53. The van der Waals surface area contributed by atoms with Crippen LogP contribution in [0.3, 0.4) is 0 Å². The van der Waals surface area contributed by atoms with E-state index >= 15 is 0 Å². The molecular weight excluding hydrogens is 675 g/mol. The van der Waals surface area contributed by atoms with Gasteiger partial charge in [-0.05, 0) is 43.3 Å². The average Bonchev–Trinajstić information content (AvgIpc) is 3.05. The third-order valence-electron chi connectivity index (χ3n) is 6.80. The van der Waals surface area contributed by atoms with Gasteiger partial charge in [0.25, 0.3) is 0 Å². The molecule has 5 N–H and O–H groups in total. The Morgan fingerprint density at radius 1 is 0.714 bits per heavy atom. The normalized spacial score (nSPS) is 14.7. The monoisotopic (exact) mass is 713 g/mol. The molecule has 0 bridgehead atoms. The molecule has 2 aromatic carbocycles. The lowest BCUT2D eigenvalue weighted by Gasteiger charge is -2.36. The maximum absolute atomic E-state index is 13.4. The van der Waals surface area contributed by atoms with Crippen molar-refractivity contribution in [1.29, 1.82) is 0 Å². The Bertz CT molecular complexity index is 1400. The van der Waals surface area contributed by atoms with Gasteiger partial charge in [-0.2, -0.15) is 13.2 Å². The number of carboxylic acid groups (broad SMARTS) is 4. The standard InChI is InChI=1S/C24H30F3N3O2S.2C4H4O4/c25-24(26,27)19-6-7-23-21(18-19)30(20-4-1-2-5-22(20)33-23)9-3-8-28-10-12-29(13-11-28)14-16-32-17-15-31;2*5-3(6)1-2-4(7)8/h1-2,4-7,18,31H,3,8-17H2;2*1-2H,(H,5,6)(H,7,8)/b;2*2-1-. The first-order chi connectivity index (χ1) is 23.2. The first-order valence-corrected chi connectivity index (χ1v) is 15.7. The summed E-state index contributed by atoms with van der Waals surface area (Å²) in [5.74, 6) is -5.03. The van der Waals surface area contributed by atoms with Crippen molar-refractivity contribution in [3.05, 3.63) is 72.3 Å². The van der Waals surface area contributed by atoms with Crippen LogP contribution in [0.5, 0.6) is 0 Å². The van der Waals surface area contributed by atoms with E-state index in [4.69, 9.17) is 30.3 Å². The molecule has 0 amide bonds. The molecule has 1 fully saturated rings. The largest absolute Gasteiger partial charge is 0.478 e. The Morgan fingerprint density at radius 3 is 1.73 bits per heavy atom. The van der Waals surface area contributed by atoms with Crippen LogP contribution in [0, 0.1) is 0 Å². The number of carbonyl (C=O) groups is 4. The number of benzene rings is 2. The predicted octanol–water partition coefficient (Wildman–Crippen LogP) is 3.75. The maximum atomic E-state index is 13.4. The van der Waals surface area contributed by atoms with Gasteiger partial charge in [0, 0.05) is 73.4 Å². The van der Waals surface area contributed by atoms with Gasteiger partial charge in [-0.15, -0.1) is 0 Å². The first kappa shape index (κ1) is 40.8. The van der Waals surface area contributed by atoms with Crippen LogP contribution in [0.15, 0.2) is 76.6 Å². The minimum Gasteiger partial charge on any atom is -0.478 e. The number of nitrogens with zero attached hydrogens (tertiary/aromatic N) is 3. The van der Waals surface area contributed by atoms with Crippen LogP contribution in [0.2, 0.25) is 0 Å². The van der Waals surface area contributed by atoms with Crippen LogP contribution in [0.4, 0.5) is 24.5 Å². The molecule has 268 valence electrons. The van der Waals surface area contributed by atoms with Crippen LogP contribution in [-0.4, -0.2) is 125 Å². The number of para-hydroxylation sites is 1. The summed E-state index contributed by atoms with van der Waals surface area (Å²) in [4.78, 5) is 47.0. The topological polar surface area (TPSA) is 188 Å². The number of anilines is 2. The summed E-state index contributed by atoms with van der Waals surface area (Å²) in [6, 6.07) is 12.0. The zero-order valence-corrected chi connectivity index (χ0v) is 27.1. The molecule has 17 heteroatoms. The number of carboxylic acids is 4. The minimum absolute atomic E-state index is 0.0515. The molecule has 2 aliphatic rings. The van der Waals surface area contributed by atoms with Crippen molar-refractivity contribution in [2.24, 2.45) is 0 Å². The highest BCUT2D eigenvalue weighted by molar-refractivity contribution is 7.99. The Kier molecular flexibility index (Phi) is 17.3. The maximum Gasteiger partial charge on any atom is 0.416 e. The number of aliphatic hydroxyl groups excluding tert-OH is 1. The fourth-order valence-corrected chi connectivity index (χ4v) is 5.66. The molecular formula is C32H38F3N3O10S. The number of fused-ring (bicyclic) bond motifs is 2. The quantitative estimate of drug-likeness (QED) is 0.149. The van der Waals surface area contributed by atoms with Crippen LogP contribution < -0.4 is 4.90 Å². The van der Waals surface area contributed by atoms with Crippen LogP contribution in [0.1, 0.15) is 12.0 Å². The number of aliphatic carboxylic acids is 4. The lowest BCUT2D eigenvalue weighted by molar-refractivity contribution is -0.137. The smallest absolute Gasteiger partial charge is 0.416 e. The zero-order valence-electron chi connectivity index (χ0n) is 26.3. The van der Waals surface area contributed by atoms with Crippen molar-refractivity contribution < 1.29 is 62.6 Å².